The van der Waals surface area contributed by atoms with E-state index in [4.69, 9.17) is 4.74 Å². The molecule has 0 saturated carbocycles. The molecule has 1 aromatic heterocycles. The van der Waals surface area contributed by atoms with Crippen LogP contribution in [0.5, 0.6) is 5.75 Å². The molecule has 2 rings (SSSR count). The summed E-state index contributed by atoms with van der Waals surface area (Å²) in [5.74, 6) is 0.863. The van der Waals surface area contributed by atoms with Crippen LogP contribution in [0.4, 0.5) is 0 Å². The van der Waals surface area contributed by atoms with Crippen molar-refractivity contribution in [1.29, 1.82) is 0 Å². The van der Waals surface area contributed by atoms with Crippen LogP contribution in [0.2, 0.25) is 0 Å². The number of ether oxygens (including phenoxy) is 1. The molecule has 0 saturated heterocycles. The van der Waals surface area contributed by atoms with Crippen LogP contribution in [0.25, 0.3) is 11.3 Å². The van der Waals surface area contributed by atoms with Gasteiger partial charge in [-0.15, -0.1) is 0 Å². The van der Waals surface area contributed by atoms with E-state index < -0.39 is 0 Å². The van der Waals surface area contributed by atoms with Crippen molar-refractivity contribution in [2.75, 3.05) is 7.11 Å². The number of aromatic nitrogens is 1. The standard InChI is InChI=1S/C18H21NO3/c1-12(2)11-19-17(10-9-16(13(3)20)18(19)21)14-5-7-15(22-4)8-6-14/h5-10,12H,11H2,1-4H3. The number of hydrogen-bond donors (Lipinski definition) is 0. The first-order valence-electron chi connectivity index (χ1n) is 7.33. The van der Waals surface area contributed by atoms with Crippen molar-refractivity contribution in [3.05, 3.63) is 52.3 Å². The molecular weight excluding hydrogens is 278 g/mol. The lowest BCUT2D eigenvalue weighted by Crippen LogP contribution is -2.28. The third-order valence-corrected chi connectivity index (χ3v) is 3.49. The number of Topliss-reactive ketones (excluding diaryl/α,β-unsaturated/α-hetero) is 1. The van der Waals surface area contributed by atoms with Gasteiger partial charge in [0.2, 0.25) is 0 Å². The highest BCUT2D eigenvalue weighted by Gasteiger charge is 2.14. The maximum atomic E-state index is 12.6. The van der Waals surface area contributed by atoms with E-state index in [1.165, 1.54) is 6.92 Å². The fraction of sp³-hybridized carbons (Fsp3) is 0.333. The smallest absolute Gasteiger partial charge is 0.261 e. The average molecular weight is 299 g/mol. The second-order valence-corrected chi connectivity index (χ2v) is 5.73. The van der Waals surface area contributed by atoms with Gasteiger partial charge in [0.05, 0.1) is 18.4 Å². The summed E-state index contributed by atoms with van der Waals surface area (Å²) in [6.45, 7) is 6.08. The molecule has 0 aliphatic rings. The molecule has 0 unspecified atom stereocenters. The van der Waals surface area contributed by atoms with Crippen molar-refractivity contribution >= 4 is 5.78 Å². The summed E-state index contributed by atoms with van der Waals surface area (Å²) in [6.07, 6.45) is 0. The number of hydrogen-bond acceptors (Lipinski definition) is 3. The molecule has 0 atom stereocenters. The largest absolute Gasteiger partial charge is 0.497 e. The van der Waals surface area contributed by atoms with Crippen LogP contribution in [0.3, 0.4) is 0 Å². The number of carbonyl (C=O) groups excluding carboxylic acids is 1. The summed E-state index contributed by atoms with van der Waals surface area (Å²) in [7, 11) is 1.62. The lowest BCUT2D eigenvalue weighted by atomic mass is 10.1. The number of ketones is 1. The Kier molecular flexibility index (Phi) is 4.81. The predicted octanol–water partition coefficient (Wildman–Crippen LogP) is 3.38. The van der Waals surface area contributed by atoms with Gasteiger partial charge >= 0.3 is 0 Å². The molecule has 1 aromatic carbocycles. The van der Waals surface area contributed by atoms with Crippen molar-refractivity contribution in [3.8, 4) is 17.0 Å². The summed E-state index contributed by atoms with van der Waals surface area (Å²) < 4.78 is 6.84. The zero-order valence-corrected chi connectivity index (χ0v) is 13.4. The second-order valence-electron chi connectivity index (χ2n) is 5.73. The Morgan fingerprint density at radius 2 is 1.77 bits per heavy atom. The first-order chi connectivity index (χ1) is 10.4. The van der Waals surface area contributed by atoms with Gasteiger partial charge in [-0.1, -0.05) is 13.8 Å². The van der Waals surface area contributed by atoms with Gasteiger partial charge in [-0.2, -0.15) is 0 Å². The Labute approximate surface area is 130 Å². The van der Waals surface area contributed by atoms with Crippen LogP contribution in [0.1, 0.15) is 31.1 Å². The highest BCUT2D eigenvalue weighted by molar-refractivity contribution is 5.94. The Morgan fingerprint density at radius 1 is 1.14 bits per heavy atom. The maximum Gasteiger partial charge on any atom is 0.261 e. The number of methoxy groups -OCH3 is 1. The number of benzene rings is 1. The van der Waals surface area contributed by atoms with Gasteiger partial charge in [-0.3, -0.25) is 9.59 Å². The van der Waals surface area contributed by atoms with Gasteiger partial charge in [0.15, 0.2) is 5.78 Å². The molecular formula is C18H21NO3. The first kappa shape index (κ1) is 16.0. The minimum Gasteiger partial charge on any atom is -0.497 e. The molecule has 4 nitrogen and oxygen atoms in total. The van der Waals surface area contributed by atoms with Crippen LogP contribution in [0.15, 0.2) is 41.2 Å². The van der Waals surface area contributed by atoms with Gasteiger partial charge in [0, 0.05) is 6.54 Å². The summed E-state index contributed by atoms with van der Waals surface area (Å²) in [6, 6.07) is 11.0. The minimum absolute atomic E-state index is 0.205. The van der Waals surface area contributed by atoms with Gasteiger partial charge in [-0.05, 0) is 54.8 Å². The molecule has 0 N–H and O–H groups in total. The molecule has 22 heavy (non-hydrogen) atoms. The molecule has 0 spiro atoms. The van der Waals surface area contributed by atoms with Crippen LogP contribution >= 0.6 is 0 Å². The van der Waals surface area contributed by atoms with Crippen molar-refractivity contribution in [3.63, 3.8) is 0 Å². The highest BCUT2D eigenvalue weighted by atomic mass is 16.5. The van der Waals surface area contributed by atoms with Crippen molar-refractivity contribution in [2.24, 2.45) is 5.92 Å². The minimum atomic E-state index is -0.227. The average Bonchev–Trinajstić information content (AvgIpc) is 2.48. The summed E-state index contributed by atoms with van der Waals surface area (Å²) in [5, 5.41) is 0. The molecule has 0 aliphatic carbocycles. The quantitative estimate of drug-likeness (QED) is 0.795. The van der Waals surface area contributed by atoms with E-state index in [0.717, 1.165) is 17.0 Å². The second kappa shape index (κ2) is 6.60. The predicted molar refractivity (Wildman–Crippen MR) is 87.5 cm³/mol. The van der Waals surface area contributed by atoms with Gasteiger partial charge in [0.1, 0.15) is 5.75 Å². The normalized spacial score (nSPS) is 10.8. The van der Waals surface area contributed by atoms with E-state index in [1.54, 1.807) is 17.7 Å². The summed E-state index contributed by atoms with van der Waals surface area (Å²) in [5.41, 5.74) is 1.74. The topological polar surface area (TPSA) is 48.3 Å². The molecule has 116 valence electrons. The lowest BCUT2D eigenvalue weighted by Gasteiger charge is -2.16. The molecule has 4 heteroatoms. The number of pyridine rings is 1. The van der Waals surface area contributed by atoms with Crippen molar-refractivity contribution in [2.45, 2.75) is 27.3 Å². The Bertz CT molecular complexity index is 727. The molecule has 0 amide bonds. The van der Waals surface area contributed by atoms with E-state index in [1.807, 2.05) is 44.2 Å². The van der Waals surface area contributed by atoms with E-state index in [9.17, 15) is 9.59 Å². The molecule has 2 aromatic rings. The number of nitrogens with zero attached hydrogens (tertiary/aromatic N) is 1. The molecule has 0 fully saturated rings. The van der Waals surface area contributed by atoms with Crippen LogP contribution in [-0.2, 0) is 6.54 Å². The van der Waals surface area contributed by atoms with Crippen molar-refractivity contribution < 1.29 is 9.53 Å². The zero-order valence-electron chi connectivity index (χ0n) is 13.4. The Hall–Kier alpha value is -2.36. The van der Waals surface area contributed by atoms with Crippen LogP contribution in [-0.4, -0.2) is 17.5 Å². The molecule has 0 aliphatic heterocycles. The summed E-state index contributed by atoms with van der Waals surface area (Å²) in [4.78, 5) is 24.2. The molecule has 0 bridgehead atoms. The fourth-order valence-electron chi connectivity index (χ4n) is 2.41. The SMILES string of the molecule is COc1ccc(-c2ccc(C(C)=O)c(=O)n2CC(C)C)cc1. The molecule has 0 radical (unpaired) electrons. The third-order valence-electron chi connectivity index (χ3n) is 3.49. The monoisotopic (exact) mass is 299 g/mol. The first-order valence-corrected chi connectivity index (χ1v) is 7.33. The van der Waals surface area contributed by atoms with Gasteiger partial charge in [0.25, 0.3) is 5.56 Å². The molecule has 1 heterocycles. The van der Waals surface area contributed by atoms with Crippen LogP contribution in [0, 0.1) is 5.92 Å². The highest BCUT2D eigenvalue weighted by Crippen LogP contribution is 2.22. The maximum absolute atomic E-state index is 12.6. The van der Waals surface area contributed by atoms with E-state index in [2.05, 4.69) is 0 Å². The zero-order chi connectivity index (χ0) is 16.3. The van der Waals surface area contributed by atoms with E-state index in [0.29, 0.717) is 12.5 Å². The van der Waals surface area contributed by atoms with Crippen LogP contribution < -0.4 is 10.3 Å². The summed E-state index contributed by atoms with van der Waals surface area (Å²) >= 11 is 0. The fourth-order valence-corrected chi connectivity index (χ4v) is 2.41. The van der Waals surface area contributed by atoms with Gasteiger partial charge in [-0.25, -0.2) is 0 Å². The van der Waals surface area contributed by atoms with Crippen molar-refractivity contribution in [1.82, 2.24) is 4.57 Å². The third kappa shape index (κ3) is 3.27. The van der Waals surface area contributed by atoms with Gasteiger partial charge < -0.3 is 9.30 Å². The number of rotatable bonds is 5. The lowest BCUT2D eigenvalue weighted by molar-refractivity contribution is 0.101. The number of carbonyl (C=O) groups is 1. The Morgan fingerprint density at radius 3 is 2.27 bits per heavy atom. The van der Waals surface area contributed by atoms with E-state index in [-0.39, 0.29) is 16.9 Å². The van der Waals surface area contributed by atoms with E-state index >= 15 is 0 Å². The Balaban J connectivity index is 2.61.